The van der Waals surface area contributed by atoms with Crippen LogP contribution in [0.25, 0.3) is 0 Å². The molecule has 0 fully saturated rings. The first-order chi connectivity index (χ1) is 3.74. The summed E-state index contributed by atoms with van der Waals surface area (Å²) < 4.78 is -1.61. The van der Waals surface area contributed by atoms with E-state index in [-0.39, 0.29) is 5.91 Å². The molecular formula is C4H13I2N2P. The second-order valence-corrected chi connectivity index (χ2v) is 30.3. The molecular weight excluding hydrogens is 361 g/mol. The molecule has 0 rings (SSSR count). The van der Waals surface area contributed by atoms with E-state index in [1.807, 2.05) is 7.05 Å². The van der Waals surface area contributed by atoms with Crippen LogP contribution in [0.2, 0.25) is 0 Å². The minimum atomic E-state index is -1.61. The van der Waals surface area contributed by atoms with Crippen LogP contribution in [-0.4, -0.2) is 26.3 Å². The molecule has 9 heavy (non-hydrogen) atoms. The van der Waals surface area contributed by atoms with Crippen LogP contribution in [0.5, 0.6) is 0 Å². The van der Waals surface area contributed by atoms with Crippen molar-refractivity contribution in [1.82, 2.24) is 5.32 Å². The second-order valence-electron chi connectivity index (χ2n) is 2.63. The first kappa shape index (κ1) is 10.8. The van der Waals surface area contributed by atoms with Gasteiger partial charge < -0.3 is 0 Å². The topological polar surface area (TPSA) is 38.0 Å². The normalized spacial score (nSPS) is 20.4. The van der Waals surface area contributed by atoms with Crippen LogP contribution in [0.1, 0.15) is 0 Å². The quantitative estimate of drug-likeness (QED) is 0.441. The monoisotopic (exact) mass is 374 g/mol. The van der Waals surface area contributed by atoms with Crippen molar-refractivity contribution in [2.45, 2.75) is 5.91 Å². The summed E-state index contributed by atoms with van der Waals surface area (Å²) in [4.78, 5) is 0. The molecule has 0 saturated carbocycles. The van der Waals surface area contributed by atoms with Crippen molar-refractivity contribution in [3.05, 3.63) is 0 Å². The molecule has 0 spiro atoms. The number of nitrogens with one attached hydrogen (secondary N) is 1. The predicted molar refractivity (Wildman–Crippen MR) is 63.8 cm³/mol. The third-order valence-corrected chi connectivity index (χ3v) is 6.45. The van der Waals surface area contributed by atoms with Crippen molar-refractivity contribution in [3.63, 3.8) is 0 Å². The Morgan fingerprint density at radius 2 is 1.78 bits per heavy atom. The Hall–Kier alpha value is 1.81. The van der Waals surface area contributed by atoms with E-state index in [0.717, 1.165) is 0 Å². The summed E-state index contributed by atoms with van der Waals surface area (Å²) in [7, 11) is 1.90. The Labute approximate surface area is 82.6 Å². The molecule has 0 saturated heterocycles. The second kappa shape index (κ2) is 3.05. The van der Waals surface area contributed by atoms with Crippen LogP contribution in [0.3, 0.4) is 0 Å². The molecule has 0 aliphatic rings. The molecule has 0 bridgehead atoms. The Kier molecular flexibility index (Phi) is 3.66. The van der Waals surface area contributed by atoms with Gasteiger partial charge in [-0.2, -0.15) is 0 Å². The fraction of sp³-hybridized carbons (Fsp3) is 1.00. The minimum absolute atomic E-state index is 0.150. The maximum atomic E-state index is 5.82. The van der Waals surface area contributed by atoms with Gasteiger partial charge in [-0.05, 0) is 0 Å². The Morgan fingerprint density at radius 3 is 1.78 bits per heavy atom. The molecule has 1 unspecified atom stereocenters. The molecule has 5 heteroatoms. The molecule has 58 valence electrons. The summed E-state index contributed by atoms with van der Waals surface area (Å²) in [6, 6.07) is 0. The first-order valence-corrected chi connectivity index (χ1v) is 11.4. The number of nitrogens with two attached hydrogens (primary N) is 1. The molecule has 0 aliphatic carbocycles. The zero-order chi connectivity index (χ0) is 7.73. The van der Waals surface area contributed by atoms with Gasteiger partial charge in [0.1, 0.15) is 0 Å². The van der Waals surface area contributed by atoms with E-state index in [0.29, 0.717) is 0 Å². The Balaban J connectivity index is 4.16. The number of halogens is 2. The van der Waals surface area contributed by atoms with E-state index in [1.54, 1.807) is 0 Å². The van der Waals surface area contributed by atoms with E-state index in [9.17, 15) is 0 Å². The third kappa shape index (κ3) is 4.29. The summed E-state index contributed by atoms with van der Waals surface area (Å²) in [5, 5.41) is 3.07. The van der Waals surface area contributed by atoms with Crippen molar-refractivity contribution in [2.24, 2.45) is 5.73 Å². The molecule has 0 aliphatic heterocycles. The van der Waals surface area contributed by atoms with E-state index in [1.165, 1.54) is 0 Å². The van der Waals surface area contributed by atoms with Crippen LogP contribution < -0.4 is 11.1 Å². The van der Waals surface area contributed by atoms with Crippen molar-refractivity contribution < 1.29 is 0 Å². The fourth-order valence-corrected chi connectivity index (χ4v) is 2.74. The van der Waals surface area contributed by atoms with E-state index < -0.39 is 1.89 Å². The van der Waals surface area contributed by atoms with Gasteiger partial charge in [-0.25, -0.2) is 0 Å². The number of hydrogen-bond donors (Lipinski definition) is 2. The summed E-state index contributed by atoms with van der Waals surface area (Å²) >= 11 is 4.93. The SMILES string of the molecule is CNC(N)P(C)(C)(I)I. The van der Waals surface area contributed by atoms with Gasteiger partial charge in [0.15, 0.2) is 0 Å². The van der Waals surface area contributed by atoms with Gasteiger partial charge in [-0.15, -0.1) is 0 Å². The third-order valence-electron chi connectivity index (χ3n) is 1.06. The fourth-order valence-electron chi connectivity index (χ4n) is 0.356. The molecule has 0 heterocycles. The van der Waals surface area contributed by atoms with Gasteiger partial charge in [-0.1, -0.05) is 0 Å². The van der Waals surface area contributed by atoms with E-state index in [4.69, 9.17) is 5.73 Å². The van der Waals surface area contributed by atoms with Gasteiger partial charge >= 0.3 is 83.3 Å². The van der Waals surface area contributed by atoms with Crippen molar-refractivity contribution in [1.29, 1.82) is 0 Å². The van der Waals surface area contributed by atoms with Crippen LogP contribution in [-0.2, 0) is 0 Å². The molecule has 1 atom stereocenters. The average molecular weight is 374 g/mol. The Bertz CT molecular complexity index is 99.6. The summed E-state index contributed by atoms with van der Waals surface area (Å²) in [5.41, 5.74) is 5.82. The standard InChI is InChI=1S/C4H13I2N2P/c1-8-4(7)9(2,3,5)6/h4,8H,7H2,1-3H3. The van der Waals surface area contributed by atoms with Crippen LogP contribution >= 0.6 is 46.0 Å². The molecule has 0 aromatic rings. The van der Waals surface area contributed by atoms with Gasteiger partial charge in [0.25, 0.3) is 0 Å². The maximum absolute atomic E-state index is 5.82. The zero-order valence-electron chi connectivity index (χ0n) is 5.86. The van der Waals surface area contributed by atoms with Crippen LogP contribution in [0.4, 0.5) is 0 Å². The number of rotatable bonds is 2. The predicted octanol–water partition coefficient (Wildman–Crippen LogP) is 1.96. The van der Waals surface area contributed by atoms with Crippen molar-refractivity contribution >= 4 is 46.0 Å². The van der Waals surface area contributed by atoms with Gasteiger partial charge in [-0.3, -0.25) is 0 Å². The number of hydrogen-bond acceptors (Lipinski definition) is 2. The van der Waals surface area contributed by atoms with Crippen LogP contribution in [0, 0.1) is 0 Å². The van der Waals surface area contributed by atoms with E-state index >= 15 is 0 Å². The average Bonchev–Trinajstić information content (AvgIpc) is 1.60. The van der Waals surface area contributed by atoms with Crippen LogP contribution in [0.15, 0.2) is 0 Å². The van der Waals surface area contributed by atoms with Gasteiger partial charge in [0.2, 0.25) is 0 Å². The molecule has 0 radical (unpaired) electrons. The van der Waals surface area contributed by atoms with Gasteiger partial charge in [0.05, 0.1) is 0 Å². The Morgan fingerprint density at radius 1 is 1.44 bits per heavy atom. The molecule has 2 nitrogen and oxygen atoms in total. The zero-order valence-corrected chi connectivity index (χ0v) is 11.1. The molecule has 0 amide bonds. The molecule has 0 aromatic heterocycles. The first-order valence-electron chi connectivity index (χ1n) is 2.61. The molecule has 0 aromatic carbocycles. The summed E-state index contributed by atoms with van der Waals surface area (Å²) in [6.07, 6.45) is 0. The molecule has 3 N–H and O–H groups in total. The van der Waals surface area contributed by atoms with E-state index in [2.05, 4.69) is 62.7 Å². The summed E-state index contributed by atoms with van der Waals surface area (Å²) in [5.74, 6) is 0.150. The van der Waals surface area contributed by atoms with Crippen molar-refractivity contribution in [2.75, 3.05) is 20.4 Å². The van der Waals surface area contributed by atoms with Gasteiger partial charge in [0, 0.05) is 0 Å². The van der Waals surface area contributed by atoms with Crippen molar-refractivity contribution in [3.8, 4) is 0 Å². The summed E-state index contributed by atoms with van der Waals surface area (Å²) in [6.45, 7) is 4.46.